The van der Waals surface area contributed by atoms with Crippen LogP contribution in [0.15, 0.2) is 4.99 Å². The van der Waals surface area contributed by atoms with E-state index in [1.807, 2.05) is 0 Å². The van der Waals surface area contributed by atoms with Gasteiger partial charge in [-0.15, -0.1) is 0 Å². The first-order chi connectivity index (χ1) is 7.36. The third kappa shape index (κ3) is 6.98. The fourth-order valence-corrected chi connectivity index (χ4v) is 1.54. The summed E-state index contributed by atoms with van der Waals surface area (Å²) in [7, 11) is 3.31. The molecule has 0 aliphatic carbocycles. The van der Waals surface area contributed by atoms with Crippen LogP contribution in [0.4, 0.5) is 0 Å². The molecule has 0 bridgehead atoms. The first kappa shape index (κ1) is 15.6. The van der Waals surface area contributed by atoms with E-state index in [1.165, 1.54) is 0 Å². The summed E-state index contributed by atoms with van der Waals surface area (Å²) < 4.78 is 0. The summed E-state index contributed by atoms with van der Waals surface area (Å²) in [5.41, 5.74) is 0. The van der Waals surface area contributed by atoms with Gasteiger partial charge in [0.05, 0.1) is 0 Å². The van der Waals surface area contributed by atoms with E-state index >= 15 is 0 Å². The fourth-order valence-electron chi connectivity index (χ4n) is 1.33. The molecule has 0 amide bonds. The standard InChI is InChI=1S/C11H25N4Si/c1-7(2)12-10(13-8(3)4)11(15-16)14-9(5)6/h7-10,12-13H,1-6H3,(H,14,15). The summed E-state index contributed by atoms with van der Waals surface area (Å²) in [5.74, 6) is 0.883. The predicted molar refractivity (Wildman–Crippen MR) is 71.8 cm³/mol. The highest BCUT2D eigenvalue weighted by molar-refractivity contribution is 6.16. The Morgan fingerprint density at radius 3 is 1.62 bits per heavy atom. The molecule has 0 aliphatic rings. The van der Waals surface area contributed by atoms with E-state index < -0.39 is 0 Å². The Balaban J connectivity index is 4.68. The predicted octanol–water partition coefficient (Wildman–Crippen LogP) is 0.789. The lowest BCUT2D eigenvalue weighted by molar-refractivity contribution is 0.433. The second-order valence-corrected chi connectivity index (χ2v) is 5.06. The number of hydrogen-bond donors (Lipinski definition) is 3. The van der Waals surface area contributed by atoms with E-state index in [1.54, 1.807) is 0 Å². The quantitative estimate of drug-likeness (QED) is 0.279. The third-order valence-corrected chi connectivity index (χ3v) is 2.05. The Morgan fingerprint density at radius 1 is 0.938 bits per heavy atom. The SMILES string of the molecule is CC(C)N=C(N[Si])C(NC(C)C)NC(C)C. The van der Waals surface area contributed by atoms with Crippen LogP contribution in [0.25, 0.3) is 0 Å². The summed E-state index contributed by atoms with van der Waals surface area (Å²) in [4.78, 5) is 7.51. The second-order valence-electron chi connectivity index (χ2n) is 4.81. The lowest BCUT2D eigenvalue weighted by atomic mass is 10.3. The largest absolute Gasteiger partial charge is 0.399 e. The van der Waals surface area contributed by atoms with Crippen molar-refractivity contribution in [2.75, 3.05) is 0 Å². The molecule has 0 aromatic rings. The molecule has 93 valence electrons. The molecule has 0 aromatic heterocycles. The van der Waals surface area contributed by atoms with E-state index in [0.717, 1.165) is 5.84 Å². The Labute approximate surface area is 103 Å². The van der Waals surface area contributed by atoms with Crippen molar-refractivity contribution in [1.29, 1.82) is 0 Å². The van der Waals surface area contributed by atoms with Gasteiger partial charge in [0.15, 0.2) is 10.4 Å². The summed E-state index contributed by atoms with van der Waals surface area (Å²) in [6, 6.07) is 1.06. The van der Waals surface area contributed by atoms with Crippen LogP contribution >= 0.6 is 0 Å². The molecule has 0 spiro atoms. The van der Waals surface area contributed by atoms with Crippen LogP contribution in [0.2, 0.25) is 0 Å². The molecule has 0 heterocycles. The average Bonchev–Trinajstić information content (AvgIpc) is 2.11. The van der Waals surface area contributed by atoms with E-state index in [-0.39, 0.29) is 12.2 Å². The maximum absolute atomic E-state index is 4.53. The highest BCUT2D eigenvalue weighted by atomic mass is 28.2. The molecule has 3 N–H and O–H groups in total. The molecule has 0 aromatic carbocycles. The van der Waals surface area contributed by atoms with Crippen LogP contribution in [0.3, 0.4) is 0 Å². The molecule has 16 heavy (non-hydrogen) atoms. The molecule has 0 aliphatic heterocycles. The second kappa shape index (κ2) is 7.81. The van der Waals surface area contributed by atoms with Crippen molar-refractivity contribution in [3.63, 3.8) is 0 Å². The van der Waals surface area contributed by atoms with Crippen LogP contribution in [-0.4, -0.2) is 40.5 Å². The van der Waals surface area contributed by atoms with Gasteiger partial charge in [-0.1, -0.05) is 0 Å². The topological polar surface area (TPSA) is 48.5 Å². The number of rotatable bonds is 6. The monoisotopic (exact) mass is 241 g/mol. The highest BCUT2D eigenvalue weighted by Gasteiger charge is 2.16. The number of amidine groups is 1. The van der Waals surface area contributed by atoms with E-state index in [0.29, 0.717) is 12.1 Å². The molecule has 0 saturated carbocycles. The van der Waals surface area contributed by atoms with Gasteiger partial charge in [-0.05, 0) is 41.5 Å². The summed E-state index contributed by atoms with van der Waals surface area (Å²) in [6.45, 7) is 12.6. The van der Waals surface area contributed by atoms with Crippen molar-refractivity contribution in [3.8, 4) is 0 Å². The van der Waals surface area contributed by atoms with Gasteiger partial charge in [0.25, 0.3) is 0 Å². The van der Waals surface area contributed by atoms with Crippen molar-refractivity contribution < 1.29 is 0 Å². The van der Waals surface area contributed by atoms with Gasteiger partial charge >= 0.3 is 0 Å². The van der Waals surface area contributed by atoms with Gasteiger partial charge in [0.2, 0.25) is 0 Å². The molecule has 5 heteroatoms. The fraction of sp³-hybridized carbons (Fsp3) is 0.909. The summed E-state index contributed by atoms with van der Waals surface area (Å²) in [6.07, 6.45) is 0.0416. The molecular formula is C11H25N4Si. The van der Waals surface area contributed by atoms with Gasteiger partial charge in [-0.25, -0.2) is 0 Å². The zero-order chi connectivity index (χ0) is 12.7. The molecule has 3 radical (unpaired) electrons. The van der Waals surface area contributed by atoms with E-state index in [2.05, 4.69) is 72.6 Å². The highest BCUT2D eigenvalue weighted by Crippen LogP contribution is 1.94. The normalized spacial score (nSPS) is 13.3. The first-order valence-corrected chi connectivity index (χ1v) is 6.39. The average molecular weight is 241 g/mol. The number of aliphatic imine (C=N–C) groups is 1. The minimum atomic E-state index is 0.0416. The molecular weight excluding hydrogens is 216 g/mol. The Hall–Kier alpha value is -0.393. The molecule has 0 fully saturated rings. The minimum absolute atomic E-state index is 0.0416. The molecule has 0 atom stereocenters. The van der Waals surface area contributed by atoms with Gasteiger partial charge in [-0.2, -0.15) is 0 Å². The Morgan fingerprint density at radius 2 is 1.38 bits per heavy atom. The van der Waals surface area contributed by atoms with Crippen LogP contribution in [0.5, 0.6) is 0 Å². The number of nitrogens with zero attached hydrogens (tertiary/aromatic N) is 1. The van der Waals surface area contributed by atoms with Crippen molar-refractivity contribution in [2.24, 2.45) is 4.99 Å². The Bertz CT molecular complexity index is 204. The van der Waals surface area contributed by atoms with Crippen LogP contribution in [0, 0.1) is 0 Å². The Kier molecular flexibility index (Phi) is 7.62. The van der Waals surface area contributed by atoms with Crippen molar-refractivity contribution in [1.82, 2.24) is 15.6 Å². The first-order valence-electron chi connectivity index (χ1n) is 5.89. The van der Waals surface area contributed by atoms with Gasteiger partial charge in [-0.3, -0.25) is 15.6 Å². The van der Waals surface area contributed by atoms with Crippen LogP contribution in [-0.2, 0) is 0 Å². The van der Waals surface area contributed by atoms with Gasteiger partial charge in [0, 0.05) is 18.1 Å². The van der Waals surface area contributed by atoms with Crippen molar-refractivity contribution >= 4 is 16.2 Å². The zero-order valence-electron chi connectivity index (χ0n) is 11.3. The van der Waals surface area contributed by atoms with Crippen molar-refractivity contribution in [3.05, 3.63) is 0 Å². The van der Waals surface area contributed by atoms with Gasteiger partial charge < -0.3 is 4.98 Å². The summed E-state index contributed by atoms with van der Waals surface area (Å²) >= 11 is 0. The van der Waals surface area contributed by atoms with Crippen LogP contribution in [0.1, 0.15) is 41.5 Å². The minimum Gasteiger partial charge on any atom is -0.399 e. The maximum atomic E-state index is 4.53. The zero-order valence-corrected chi connectivity index (χ0v) is 12.3. The van der Waals surface area contributed by atoms with E-state index in [9.17, 15) is 0 Å². The summed E-state index contributed by atoms with van der Waals surface area (Å²) in [5, 5.41) is 6.86. The third-order valence-electron chi connectivity index (χ3n) is 1.80. The number of nitrogens with one attached hydrogen (secondary N) is 3. The molecule has 0 saturated heterocycles. The van der Waals surface area contributed by atoms with Gasteiger partial charge in [0.1, 0.15) is 12.0 Å². The van der Waals surface area contributed by atoms with E-state index in [4.69, 9.17) is 0 Å². The van der Waals surface area contributed by atoms with Crippen LogP contribution < -0.4 is 15.6 Å². The maximum Gasteiger partial charge on any atom is 0.187 e. The molecule has 0 unspecified atom stereocenters. The lowest BCUT2D eigenvalue weighted by Gasteiger charge is -2.26. The molecule has 0 rings (SSSR count). The molecule has 4 nitrogen and oxygen atoms in total. The number of hydrogen-bond acceptors (Lipinski definition) is 3. The van der Waals surface area contributed by atoms with Crippen molar-refractivity contribution in [2.45, 2.75) is 65.8 Å². The lowest BCUT2D eigenvalue weighted by Crippen LogP contribution is -2.56. The smallest absolute Gasteiger partial charge is 0.187 e.